The molecule has 9 aromatic rings. The average Bonchev–Trinajstić information content (AvgIpc) is 3.28. The summed E-state index contributed by atoms with van der Waals surface area (Å²) in [6.45, 7) is 10.3. The van der Waals surface area contributed by atoms with E-state index in [2.05, 4.69) is 81.4 Å². The van der Waals surface area contributed by atoms with Crippen LogP contribution in [0, 0.1) is 5.92 Å². The third-order valence-corrected chi connectivity index (χ3v) is 16.0. The van der Waals surface area contributed by atoms with E-state index < -0.39 is 10.8 Å². The van der Waals surface area contributed by atoms with E-state index >= 15 is 0 Å². The third-order valence-electron chi connectivity index (χ3n) is 16.0. The number of benzene rings is 9. The number of rotatable bonds is 19. The highest BCUT2D eigenvalue weighted by Crippen LogP contribution is 2.46. The van der Waals surface area contributed by atoms with Gasteiger partial charge in [0.1, 0.15) is 51.8 Å². The zero-order valence-corrected chi connectivity index (χ0v) is 46.4. The lowest BCUT2D eigenvalue weighted by Gasteiger charge is -2.35. The maximum absolute atomic E-state index is 12.3. The normalized spacial score (nSPS) is 12.5. The summed E-state index contributed by atoms with van der Waals surface area (Å²) in [6.07, 6.45) is 7.55. The molecule has 0 heterocycles. The van der Waals surface area contributed by atoms with Gasteiger partial charge < -0.3 is 46.0 Å². The molecule has 412 valence electrons. The number of phenolic OH excluding ortho intramolecular Hbond substituents is 8. The van der Waals surface area contributed by atoms with Crippen molar-refractivity contribution in [2.45, 2.75) is 84.0 Å². The van der Waals surface area contributed by atoms with Crippen LogP contribution in [0.3, 0.4) is 0 Å². The Bertz CT molecular complexity index is 3420. The Hall–Kier alpha value is -9.34. The molecule has 0 aliphatic rings. The maximum Gasteiger partial charge on any atom is 0.122 e. The Morgan fingerprint density at radius 1 is 0.370 bits per heavy atom. The molecule has 0 amide bonds. The molecular formula is C72H70O9. The molecule has 9 aromatic carbocycles. The van der Waals surface area contributed by atoms with Crippen molar-refractivity contribution in [1.29, 1.82) is 0 Å². The van der Waals surface area contributed by atoms with E-state index in [9.17, 15) is 46.0 Å². The van der Waals surface area contributed by atoms with E-state index in [-0.39, 0.29) is 57.7 Å². The fourth-order valence-corrected chi connectivity index (χ4v) is 10.9. The van der Waals surface area contributed by atoms with Gasteiger partial charge in [-0.3, -0.25) is 0 Å². The molecule has 9 N–H and O–H groups in total. The largest absolute Gasteiger partial charge is 0.508 e. The molecule has 9 rings (SSSR count). The van der Waals surface area contributed by atoms with Gasteiger partial charge in [0.25, 0.3) is 0 Å². The molecule has 9 heteroatoms. The number of phenols is 8. The van der Waals surface area contributed by atoms with Gasteiger partial charge in [-0.25, -0.2) is 0 Å². The van der Waals surface area contributed by atoms with Crippen LogP contribution in [0.2, 0.25) is 0 Å². The second-order valence-electron chi connectivity index (χ2n) is 22.2. The van der Waals surface area contributed by atoms with Crippen molar-refractivity contribution >= 4 is 0 Å². The molecule has 0 radical (unpaired) electrons. The first-order valence-corrected chi connectivity index (χ1v) is 27.4. The van der Waals surface area contributed by atoms with E-state index in [0.717, 1.165) is 66.8 Å². The van der Waals surface area contributed by atoms with E-state index in [1.165, 1.54) is 0 Å². The number of aliphatic hydroxyl groups is 1. The molecule has 1 atom stereocenters. The molecule has 0 aliphatic heterocycles. The van der Waals surface area contributed by atoms with Gasteiger partial charge in [-0.15, -0.1) is 0 Å². The lowest BCUT2D eigenvalue weighted by molar-refractivity contribution is 0.430. The highest BCUT2D eigenvalue weighted by Gasteiger charge is 2.36. The second-order valence-corrected chi connectivity index (χ2v) is 22.2. The summed E-state index contributed by atoms with van der Waals surface area (Å²) in [5.74, 6) is 1.29. The summed E-state index contributed by atoms with van der Waals surface area (Å²) in [7, 11) is 0. The number of aliphatic hydroxyl groups excluding tert-OH is 1. The first kappa shape index (κ1) is 56.4. The highest BCUT2D eigenvalue weighted by molar-refractivity contribution is 5.61. The molecule has 0 spiro atoms. The van der Waals surface area contributed by atoms with Crippen LogP contribution in [-0.2, 0) is 49.4 Å². The van der Waals surface area contributed by atoms with Crippen LogP contribution in [0.25, 0.3) is 0 Å². The SMILES string of the molecule is C/C=C(O)\C=C/C(C)Cc1cc(C(C)(C)c2ccc(C(C)(c3cc(Cc4ccc(O)cc4)c(O)c(Cc4ccc(O)cc4)c3)c3cc(Cc4ccc(O)cc4)c(O)c(Cc4ccc(O)cc4)c3)cc2)cc(Cc2ccc(O)cc2)c1O. The zero-order valence-electron chi connectivity index (χ0n) is 46.4. The maximum atomic E-state index is 12.3. The number of hydrogen-bond acceptors (Lipinski definition) is 9. The van der Waals surface area contributed by atoms with Crippen molar-refractivity contribution in [2.24, 2.45) is 5.92 Å². The Morgan fingerprint density at radius 3 is 0.951 bits per heavy atom. The van der Waals surface area contributed by atoms with Crippen LogP contribution < -0.4 is 0 Å². The Balaban J connectivity index is 1.24. The zero-order chi connectivity index (χ0) is 57.6. The molecule has 0 aromatic heterocycles. The van der Waals surface area contributed by atoms with Gasteiger partial charge in [0, 0.05) is 42.9 Å². The van der Waals surface area contributed by atoms with Crippen molar-refractivity contribution < 1.29 is 46.0 Å². The first-order chi connectivity index (χ1) is 38.7. The fraction of sp³-hybridized carbons (Fsp3) is 0.194. The topological polar surface area (TPSA) is 182 Å². The second kappa shape index (κ2) is 23.9. The van der Waals surface area contributed by atoms with Gasteiger partial charge in [0.2, 0.25) is 0 Å². The number of allylic oxidation sites excluding steroid dienone is 3. The molecule has 0 aliphatic carbocycles. The van der Waals surface area contributed by atoms with Gasteiger partial charge >= 0.3 is 0 Å². The van der Waals surface area contributed by atoms with Crippen molar-refractivity contribution in [3.63, 3.8) is 0 Å². The third kappa shape index (κ3) is 13.1. The number of hydrogen-bond donors (Lipinski definition) is 9. The minimum absolute atomic E-state index is 0.0268. The fourth-order valence-electron chi connectivity index (χ4n) is 10.9. The van der Waals surface area contributed by atoms with Gasteiger partial charge in [0.15, 0.2) is 0 Å². The van der Waals surface area contributed by atoms with Crippen LogP contribution >= 0.6 is 0 Å². The summed E-state index contributed by atoms with van der Waals surface area (Å²) in [6, 6.07) is 55.7. The monoisotopic (exact) mass is 1080 g/mol. The minimum Gasteiger partial charge on any atom is -0.508 e. The van der Waals surface area contributed by atoms with Crippen LogP contribution in [0.4, 0.5) is 0 Å². The lowest BCUT2D eigenvalue weighted by atomic mass is 9.68. The summed E-state index contributed by atoms with van der Waals surface area (Å²) in [5.41, 5.74) is 11.7. The average molecular weight is 1080 g/mol. The molecule has 1 unspecified atom stereocenters. The van der Waals surface area contributed by atoms with E-state index in [0.29, 0.717) is 60.8 Å². The van der Waals surface area contributed by atoms with Crippen molar-refractivity contribution in [3.8, 4) is 46.0 Å². The van der Waals surface area contributed by atoms with Gasteiger partial charge in [-0.1, -0.05) is 148 Å². The van der Waals surface area contributed by atoms with Crippen LogP contribution in [-0.4, -0.2) is 46.0 Å². The Morgan fingerprint density at radius 2 is 0.642 bits per heavy atom. The first-order valence-electron chi connectivity index (χ1n) is 27.4. The lowest BCUT2D eigenvalue weighted by Crippen LogP contribution is -2.27. The van der Waals surface area contributed by atoms with Gasteiger partial charge in [-0.2, -0.15) is 0 Å². The quantitative estimate of drug-likeness (QED) is 0.0216. The van der Waals surface area contributed by atoms with Crippen molar-refractivity contribution in [1.82, 2.24) is 0 Å². The minimum atomic E-state index is -0.987. The Labute approximate surface area is 474 Å². The van der Waals surface area contributed by atoms with E-state index in [1.54, 1.807) is 79.7 Å². The standard InChI is InChI=1S/C72H70O9/c1-6-62(73)22-7-45(2)33-51-39-59(40-52(68(51)79)34-46-8-23-63(74)24-9-46)71(3,4)57-18-20-58(21-19-57)72(5,60-41-53(35-47-10-25-64(75)26-11-47)69(80)54(42-60)36-48-12-27-65(76)28-13-48)61-43-55(37-49-14-29-66(77)30-15-49)70(81)56(44-61)38-50-16-31-67(78)32-17-50/h6-32,39-45,73-81H,33-38H2,1-5H3/b22-7-,62-6+. The molecule has 0 saturated carbocycles. The van der Waals surface area contributed by atoms with Crippen molar-refractivity contribution in [2.75, 3.05) is 0 Å². The van der Waals surface area contributed by atoms with E-state index in [1.807, 2.05) is 73.7 Å². The highest BCUT2D eigenvalue weighted by atomic mass is 16.3. The predicted octanol–water partition coefficient (Wildman–Crippen LogP) is 15.2. The van der Waals surface area contributed by atoms with Gasteiger partial charge in [0.05, 0.1) is 0 Å². The summed E-state index contributed by atoms with van der Waals surface area (Å²) in [5, 5.41) is 97.9. The smallest absolute Gasteiger partial charge is 0.122 e. The molecule has 0 bridgehead atoms. The molecule has 81 heavy (non-hydrogen) atoms. The predicted molar refractivity (Wildman–Crippen MR) is 321 cm³/mol. The molecule has 9 nitrogen and oxygen atoms in total. The summed E-state index contributed by atoms with van der Waals surface area (Å²) >= 11 is 0. The molecule has 0 fully saturated rings. The van der Waals surface area contributed by atoms with Crippen LogP contribution in [0.5, 0.6) is 46.0 Å². The van der Waals surface area contributed by atoms with Crippen molar-refractivity contribution in [3.05, 3.63) is 295 Å². The van der Waals surface area contributed by atoms with Gasteiger partial charge in [-0.05, 0) is 188 Å². The van der Waals surface area contributed by atoms with Crippen LogP contribution in [0.15, 0.2) is 206 Å². The summed E-state index contributed by atoms with van der Waals surface area (Å²) in [4.78, 5) is 0. The number of aromatic hydroxyl groups is 8. The molecular weight excluding hydrogens is 1010 g/mol. The van der Waals surface area contributed by atoms with Crippen LogP contribution in [0.1, 0.15) is 124 Å². The molecule has 0 saturated heterocycles. The Kier molecular flexibility index (Phi) is 16.7. The van der Waals surface area contributed by atoms with E-state index in [4.69, 9.17) is 0 Å². The summed E-state index contributed by atoms with van der Waals surface area (Å²) < 4.78 is 0.